The summed E-state index contributed by atoms with van der Waals surface area (Å²) in [5.74, 6) is -0.968. The van der Waals surface area contributed by atoms with Crippen LogP contribution in [0.1, 0.15) is 16.8 Å². The van der Waals surface area contributed by atoms with Crippen molar-refractivity contribution in [1.82, 2.24) is 5.32 Å². The van der Waals surface area contributed by atoms with Crippen LogP contribution in [0.4, 0.5) is 0 Å². The van der Waals surface area contributed by atoms with Gasteiger partial charge in [-0.2, -0.15) is 0 Å². The molecule has 0 aromatic heterocycles. The summed E-state index contributed by atoms with van der Waals surface area (Å²) in [6, 6.07) is 4.69. The van der Waals surface area contributed by atoms with E-state index in [4.69, 9.17) is 9.84 Å². The molecule has 0 aliphatic carbocycles. The third-order valence-electron chi connectivity index (χ3n) is 2.04. The van der Waals surface area contributed by atoms with Crippen molar-refractivity contribution in [2.45, 2.75) is 6.42 Å². The summed E-state index contributed by atoms with van der Waals surface area (Å²) in [5.41, 5.74) is 0.0660. The van der Waals surface area contributed by atoms with E-state index in [1.165, 1.54) is 13.1 Å². The number of carbonyl (C=O) groups excluding carboxylic acids is 1. The van der Waals surface area contributed by atoms with Gasteiger partial charge in [0.2, 0.25) is 5.91 Å². The molecule has 1 amide bonds. The molecule has 17 heavy (non-hydrogen) atoms. The SMILES string of the molecule is CNC(=O)CCOc1ccc(Br)cc1C(=O)O. The molecule has 2 N–H and O–H groups in total. The Morgan fingerprint density at radius 3 is 2.76 bits per heavy atom. The number of benzene rings is 1. The van der Waals surface area contributed by atoms with Crippen LogP contribution >= 0.6 is 15.9 Å². The average molecular weight is 302 g/mol. The Balaban J connectivity index is 2.70. The van der Waals surface area contributed by atoms with Gasteiger partial charge >= 0.3 is 5.97 Å². The topological polar surface area (TPSA) is 75.6 Å². The molecule has 0 aliphatic rings. The Hall–Kier alpha value is -1.56. The Morgan fingerprint density at radius 2 is 2.18 bits per heavy atom. The predicted octanol–water partition coefficient (Wildman–Crippen LogP) is 1.66. The summed E-state index contributed by atoms with van der Waals surface area (Å²) >= 11 is 3.18. The maximum Gasteiger partial charge on any atom is 0.339 e. The van der Waals surface area contributed by atoms with Crippen LogP contribution in [0.2, 0.25) is 0 Å². The van der Waals surface area contributed by atoms with Gasteiger partial charge in [-0.3, -0.25) is 4.79 Å². The first kappa shape index (κ1) is 13.5. The zero-order valence-electron chi connectivity index (χ0n) is 9.20. The van der Waals surface area contributed by atoms with Crippen molar-refractivity contribution >= 4 is 27.8 Å². The number of carboxylic acid groups (broad SMARTS) is 1. The van der Waals surface area contributed by atoms with Crippen LogP contribution in [0.25, 0.3) is 0 Å². The molecule has 0 saturated carbocycles. The Kier molecular flexibility index (Phi) is 4.96. The van der Waals surface area contributed by atoms with Gasteiger partial charge in [-0.25, -0.2) is 4.79 Å². The lowest BCUT2D eigenvalue weighted by Crippen LogP contribution is -2.20. The number of carbonyl (C=O) groups is 2. The molecule has 0 aliphatic heterocycles. The van der Waals surface area contributed by atoms with E-state index in [0.717, 1.165) is 0 Å². The van der Waals surface area contributed by atoms with Crippen LogP contribution in [0, 0.1) is 0 Å². The van der Waals surface area contributed by atoms with Crippen LogP contribution in [-0.4, -0.2) is 30.6 Å². The molecule has 0 saturated heterocycles. The fourth-order valence-corrected chi connectivity index (χ4v) is 1.53. The largest absolute Gasteiger partial charge is 0.492 e. The molecule has 1 aromatic carbocycles. The van der Waals surface area contributed by atoms with Gasteiger partial charge in [-0.1, -0.05) is 15.9 Å². The minimum absolute atomic E-state index is 0.0660. The van der Waals surface area contributed by atoms with E-state index in [1.54, 1.807) is 12.1 Å². The number of aromatic carboxylic acids is 1. The van der Waals surface area contributed by atoms with Crippen molar-refractivity contribution in [2.75, 3.05) is 13.7 Å². The van der Waals surface area contributed by atoms with Gasteiger partial charge in [0, 0.05) is 11.5 Å². The molecule has 1 aromatic rings. The molecule has 92 valence electrons. The number of rotatable bonds is 5. The quantitative estimate of drug-likeness (QED) is 0.867. The molecular weight excluding hydrogens is 290 g/mol. The van der Waals surface area contributed by atoms with Crippen LogP contribution in [0.5, 0.6) is 5.75 Å². The van der Waals surface area contributed by atoms with Crippen molar-refractivity contribution in [2.24, 2.45) is 0 Å². The lowest BCUT2D eigenvalue weighted by molar-refractivity contribution is -0.121. The first-order chi connectivity index (χ1) is 8.04. The molecule has 0 atom stereocenters. The molecule has 0 spiro atoms. The molecule has 0 bridgehead atoms. The van der Waals surface area contributed by atoms with E-state index in [1.807, 2.05) is 0 Å². The van der Waals surface area contributed by atoms with Gasteiger partial charge < -0.3 is 15.2 Å². The molecule has 0 radical (unpaired) electrons. The first-order valence-electron chi connectivity index (χ1n) is 4.91. The summed E-state index contributed by atoms with van der Waals surface area (Å²) in [7, 11) is 1.53. The number of nitrogens with one attached hydrogen (secondary N) is 1. The van der Waals surface area contributed by atoms with Crippen LogP contribution in [-0.2, 0) is 4.79 Å². The Morgan fingerprint density at radius 1 is 1.47 bits per heavy atom. The maximum absolute atomic E-state index is 11.0. The fraction of sp³-hybridized carbons (Fsp3) is 0.273. The van der Waals surface area contributed by atoms with E-state index < -0.39 is 5.97 Å². The smallest absolute Gasteiger partial charge is 0.339 e. The standard InChI is InChI=1S/C11H12BrNO4/c1-13-10(14)4-5-17-9-3-2-7(12)6-8(9)11(15)16/h2-3,6H,4-5H2,1H3,(H,13,14)(H,15,16). The zero-order valence-corrected chi connectivity index (χ0v) is 10.8. The van der Waals surface area contributed by atoms with Gasteiger partial charge in [0.05, 0.1) is 13.0 Å². The number of ether oxygens (including phenoxy) is 1. The second kappa shape index (κ2) is 6.24. The van der Waals surface area contributed by atoms with Gasteiger partial charge in [-0.05, 0) is 18.2 Å². The average Bonchev–Trinajstić information content (AvgIpc) is 2.30. The van der Waals surface area contributed by atoms with Gasteiger partial charge in [0.15, 0.2) is 0 Å². The molecular formula is C11H12BrNO4. The fourth-order valence-electron chi connectivity index (χ4n) is 1.17. The number of halogens is 1. The van der Waals surface area contributed by atoms with Crippen molar-refractivity contribution in [3.8, 4) is 5.75 Å². The van der Waals surface area contributed by atoms with Crippen molar-refractivity contribution < 1.29 is 19.4 Å². The van der Waals surface area contributed by atoms with Crippen LogP contribution < -0.4 is 10.1 Å². The van der Waals surface area contributed by atoms with Crippen LogP contribution in [0.15, 0.2) is 22.7 Å². The third kappa shape index (κ3) is 4.07. The summed E-state index contributed by atoms with van der Waals surface area (Å²) in [4.78, 5) is 21.9. The second-order valence-electron chi connectivity index (χ2n) is 3.22. The van der Waals surface area contributed by atoms with Gasteiger partial charge in [0.25, 0.3) is 0 Å². The molecule has 0 unspecified atom stereocenters. The number of hydrogen-bond donors (Lipinski definition) is 2. The number of carboxylic acids is 1. The van der Waals surface area contributed by atoms with E-state index in [2.05, 4.69) is 21.2 Å². The van der Waals surface area contributed by atoms with Gasteiger partial charge in [0.1, 0.15) is 11.3 Å². The Labute approximate surface area is 107 Å². The van der Waals surface area contributed by atoms with E-state index in [0.29, 0.717) is 4.47 Å². The molecule has 0 heterocycles. The van der Waals surface area contributed by atoms with Crippen LogP contribution in [0.3, 0.4) is 0 Å². The minimum Gasteiger partial charge on any atom is -0.492 e. The zero-order chi connectivity index (χ0) is 12.8. The molecule has 6 heteroatoms. The normalized spacial score (nSPS) is 9.76. The highest BCUT2D eigenvalue weighted by Gasteiger charge is 2.12. The molecule has 1 rings (SSSR count). The minimum atomic E-state index is -1.07. The third-order valence-corrected chi connectivity index (χ3v) is 2.53. The Bertz CT molecular complexity index is 433. The highest BCUT2D eigenvalue weighted by molar-refractivity contribution is 9.10. The molecule has 0 fully saturated rings. The van der Waals surface area contributed by atoms with E-state index in [-0.39, 0.29) is 30.2 Å². The summed E-state index contributed by atoms with van der Waals surface area (Å²) in [5, 5.41) is 11.4. The highest BCUT2D eigenvalue weighted by atomic mass is 79.9. The van der Waals surface area contributed by atoms with Crippen molar-refractivity contribution in [3.05, 3.63) is 28.2 Å². The number of amides is 1. The van der Waals surface area contributed by atoms with Crippen molar-refractivity contribution in [3.63, 3.8) is 0 Å². The van der Waals surface area contributed by atoms with Gasteiger partial charge in [-0.15, -0.1) is 0 Å². The summed E-state index contributed by atoms with van der Waals surface area (Å²) in [6.45, 7) is 0.140. The second-order valence-corrected chi connectivity index (χ2v) is 4.13. The van der Waals surface area contributed by atoms with E-state index in [9.17, 15) is 9.59 Å². The van der Waals surface area contributed by atoms with Crippen molar-refractivity contribution in [1.29, 1.82) is 0 Å². The summed E-state index contributed by atoms with van der Waals surface area (Å²) in [6.07, 6.45) is 0.186. The summed E-state index contributed by atoms with van der Waals surface area (Å²) < 4.78 is 5.92. The molecule has 5 nitrogen and oxygen atoms in total. The highest BCUT2D eigenvalue weighted by Crippen LogP contribution is 2.23. The monoisotopic (exact) mass is 301 g/mol. The first-order valence-corrected chi connectivity index (χ1v) is 5.70. The number of hydrogen-bond acceptors (Lipinski definition) is 3. The maximum atomic E-state index is 11.0. The van der Waals surface area contributed by atoms with E-state index >= 15 is 0 Å². The predicted molar refractivity (Wildman–Crippen MR) is 65.3 cm³/mol. The lowest BCUT2D eigenvalue weighted by Gasteiger charge is -2.08. The lowest BCUT2D eigenvalue weighted by atomic mass is 10.2.